The summed E-state index contributed by atoms with van der Waals surface area (Å²) < 4.78 is 26.0. The third kappa shape index (κ3) is 4.55. The average molecular weight is 430 g/mol. The number of halogens is 1. The van der Waals surface area contributed by atoms with E-state index in [1.807, 2.05) is 23.1 Å². The van der Waals surface area contributed by atoms with Crippen molar-refractivity contribution in [2.75, 3.05) is 40.4 Å². The molecule has 0 saturated heterocycles. The summed E-state index contributed by atoms with van der Waals surface area (Å²) in [4.78, 5) is 15.4. The summed E-state index contributed by atoms with van der Waals surface area (Å²) in [7, 11) is 3.26. The minimum atomic E-state index is -0.277. The number of carbonyl (C=O) groups is 1. The molecule has 0 radical (unpaired) electrons. The first-order valence-corrected chi connectivity index (χ1v) is 10.4. The zero-order chi connectivity index (χ0) is 21.1. The molecule has 2 heterocycles. The second-order valence-electron chi connectivity index (χ2n) is 7.25. The van der Waals surface area contributed by atoms with Gasteiger partial charge in [0.15, 0.2) is 11.5 Å². The number of methoxy groups -OCH3 is 2. The maximum atomic E-state index is 13.0. The summed E-state index contributed by atoms with van der Waals surface area (Å²) in [6.07, 6.45) is 0. The monoisotopic (exact) mass is 429 g/mol. The number of amides is 2. The van der Waals surface area contributed by atoms with Gasteiger partial charge < -0.3 is 19.7 Å². The summed E-state index contributed by atoms with van der Waals surface area (Å²) in [6, 6.07) is 12.0. The zero-order valence-electron chi connectivity index (χ0n) is 17.0. The number of hydrogen-bond donors (Lipinski definition) is 1. The van der Waals surface area contributed by atoms with Crippen molar-refractivity contribution in [3.63, 3.8) is 0 Å². The van der Waals surface area contributed by atoms with Gasteiger partial charge in [-0.2, -0.15) is 0 Å². The number of ether oxygens (including phenoxy) is 2. The minimum Gasteiger partial charge on any atom is -0.493 e. The molecule has 2 aromatic carbocycles. The predicted molar refractivity (Wildman–Crippen MR) is 114 cm³/mol. The van der Waals surface area contributed by atoms with E-state index in [-0.39, 0.29) is 11.8 Å². The van der Waals surface area contributed by atoms with Crippen LogP contribution in [0.25, 0.3) is 0 Å². The van der Waals surface area contributed by atoms with Crippen LogP contribution in [0.5, 0.6) is 11.5 Å². The van der Waals surface area contributed by atoms with Crippen molar-refractivity contribution < 1.29 is 18.7 Å². The van der Waals surface area contributed by atoms with Gasteiger partial charge in [-0.1, -0.05) is 12.1 Å². The van der Waals surface area contributed by atoms with Crippen molar-refractivity contribution in [3.8, 4) is 11.5 Å². The highest BCUT2D eigenvalue weighted by Crippen LogP contribution is 2.37. The van der Waals surface area contributed by atoms with Gasteiger partial charge in [-0.05, 0) is 59.0 Å². The Morgan fingerprint density at radius 3 is 2.30 bits per heavy atom. The molecule has 30 heavy (non-hydrogen) atoms. The molecule has 0 saturated carbocycles. The summed E-state index contributed by atoms with van der Waals surface area (Å²) in [5, 5.41) is 2.92. The third-order valence-corrected chi connectivity index (χ3v) is 6.21. The molecule has 6 nitrogen and oxygen atoms in total. The Morgan fingerprint density at radius 1 is 1.00 bits per heavy atom. The van der Waals surface area contributed by atoms with E-state index >= 15 is 0 Å². The topological polar surface area (TPSA) is 54.0 Å². The summed E-state index contributed by atoms with van der Waals surface area (Å²) in [5.74, 6) is 1.15. The van der Waals surface area contributed by atoms with E-state index in [2.05, 4.69) is 9.62 Å². The van der Waals surface area contributed by atoms with Gasteiger partial charge in [-0.25, -0.2) is 13.5 Å². The van der Waals surface area contributed by atoms with Crippen LogP contribution in [0.1, 0.15) is 5.56 Å². The summed E-state index contributed by atoms with van der Waals surface area (Å²) in [5.41, 5.74) is 3.49. The Balaban J connectivity index is 1.26. The molecule has 0 aromatic heterocycles. The highest BCUT2D eigenvalue weighted by molar-refractivity contribution is 7.97. The van der Waals surface area contributed by atoms with E-state index in [4.69, 9.17) is 9.47 Å². The zero-order valence-corrected chi connectivity index (χ0v) is 17.8. The first kappa shape index (κ1) is 20.6. The average Bonchev–Trinajstić information content (AvgIpc) is 3.31. The molecule has 8 heteroatoms. The van der Waals surface area contributed by atoms with Crippen LogP contribution in [0.3, 0.4) is 0 Å². The van der Waals surface area contributed by atoms with E-state index in [9.17, 15) is 9.18 Å². The lowest BCUT2D eigenvalue weighted by Crippen LogP contribution is -2.40. The Morgan fingerprint density at radius 2 is 1.67 bits per heavy atom. The molecule has 2 aliphatic heterocycles. The molecule has 0 spiro atoms. The molecule has 2 aliphatic rings. The second-order valence-corrected chi connectivity index (χ2v) is 8.42. The highest BCUT2D eigenvalue weighted by atomic mass is 32.2. The van der Waals surface area contributed by atoms with Crippen molar-refractivity contribution in [3.05, 3.63) is 65.0 Å². The first-order chi connectivity index (χ1) is 14.6. The summed E-state index contributed by atoms with van der Waals surface area (Å²) in [6.45, 7) is 3.34. The van der Waals surface area contributed by atoms with E-state index < -0.39 is 0 Å². The standard InChI is InChI=1S/C22H24FN3O3S/c1-28-20-8-7-19(9-21(20)29-2)30-26-13-16-11-25(12-17(16)14-26)22(27)24-10-15-3-5-18(23)6-4-15/h3-9H,10-14H2,1-2H3,(H,24,27). The molecule has 2 amide bonds. The van der Waals surface area contributed by atoms with E-state index in [0.29, 0.717) is 31.1 Å². The van der Waals surface area contributed by atoms with Gasteiger partial charge in [0, 0.05) is 37.6 Å². The fourth-order valence-corrected chi connectivity index (χ4v) is 4.70. The lowest BCUT2D eigenvalue weighted by atomic mass is 10.2. The van der Waals surface area contributed by atoms with E-state index in [1.165, 1.54) is 23.3 Å². The van der Waals surface area contributed by atoms with Crippen molar-refractivity contribution in [2.45, 2.75) is 11.4 Å². The van der Waals surface area contributed by atoms with Crippen LogP contribution >= 0.6 is 11.9 Å². The van der Waals surface area contributed by atoms with E-state index in [1.54, 1.807) is 38.3 Å². The van der Waals surface area contributed by atoms with Gasteiger partial charge in [0.25, 0.3) is 0 Å². The molecule has 0 bridgehead atoms. The van der Waals surface area contributed by atoms with Crippen molar-refractivity contribution >= 4 is 18.0 Å². The van der Waals surface area contributed by atoms with Crippen LogP contribution < -0.4 is 14.8 Å². The largest absolute Gasteiger partial charge is 0.493 e. The Labute approximate surface area is 179 Å². The van der Waals surface area contributed by atoms with Crippen LogP contribution in [0.2, 0.25) is 0 Å². The maximum absolute atomic E-state index is 13.0. The fourth-order valence-electron chi connectivity index (χ4n) is 3.67. The number of nitrogens with one attached hydrogen (secondary N) is 1. The van der Waals surface area contributed by atoms with Gasteiger partial charge in [0.2, 0.25) is 0 Å². The van der Waals surface area contributed by atoms with Gasteiger partial charge >= 0.3 is 6.03 Å². The quantitative estimate of drug-likeness (QED) is 0.561. The number of benzene rings is 2. The molecule has 4 rings (SSSR count). The Hall–Kier alpha value is -2.71. The minimum absolute atomic E-state index is 0.0900. The van der Waals surface area contributed by atoms with Crippen molar-refractivity contribution in [1.29, 1.82) is 0 Å². The Bertz CT molecular complexity index is 947. The molecule has 0 atom stereocenters. The van der Waals surface area contributed by atoms with Crippen LogP contribution in [0, 0.1) is 5.82 Å². The van der Waals surface area contributed by atoms with Gasteiger partial charge in [0.1, 0.15) is 5.82 Å². The van der Waals surface area contributed by atoms with Crippen molar-refractivity contribution in [1.82, 2.24) is 14.5 Å². The normalized spacial score (nSPS) is 16.0. The summed E-state index contributed by atoms with van der Waals surface area (Å²) >= 11 is 1.68. The molecule has 0 unspecified atom stereocenters. The number of rotatable bonds is 6. The molecular weight excluding hydrogens is 405 g/mol. The second kappa shape index (κ2) is 8.97. The SMILES string of the molecule is COc1ccc(SN2CC3=C(C2)CN(C(=O)NCc2ccc(F)cc2)C3)cc1OC. The first-order valence-electron chi connectivity index (χ1n) is 9.67. The third-order valence-electron chi connectivity index (χ3n) is 5.23. The number of urea groups is 1. The van der Waals surface area contributed by atoms with Gasteiger partial charge in [-0.15, -0.1) is 0 Å². The fraction of sp³-hybridized carbons (Fsp3) is 0.318. The van der Waals surface area contributed by atoms with Crippen LogP contribution in [0.15, 0.2) is 58.5 Å². The Kier molecular flexibility index (Phi) is 6.15. The number of hydrogen-bond acceptors (Lipinski definition) is 5. The molecule has 0 aliphatic carbocycles. The number of carbonyl (C=O) groups excluding carboxylic acids is 1. The molecule has 158 valence electrons. The lowest BCUT2D eigenvalue weighted by Gasteiger charge is -2.22. The predicted octanol–water partition coefficient (Wildman–Crippen LogP) is 3.69. The van der Waals surface area contributed by atoms with Crippen LogP contribution in [-0.4, -0.2) is 55.6 Å². The van der Waals surface area contributed by atoms with Gasteiger partial charge in [0.05, 0.1) is 14.2 Å². The smallest absolute Gasteiger partial charge is 0.318 e. The lowest BCUT2D eigenvalue weighted by molar-refractivity contribution is 0.208. The molecular formula is C22H24FN3O3S. The van der Waals surface area contributed by atoms with Crippen LogP contribution in [-0.2, 0) is 6.54 Å². The highest BCUT2D eigenvalue weighted by Gasteiger charge is 2.32. The molecule has 0 fully saturated rings. The molecule has 2 aromatic rings. The van der Waals surface area contributed by atoms with Gasteiger partial charge in [-0.3, -0.25) is 0 Å². The van der Waals surface area contributed by atoms with E-state index in [0.717, 1.165) is 23.5 Å². The van der Waals surface area contributed by atoms with Crippen molar-refractivity contribution in [2.24, 2.45) is 0 Å². The maximum Gasteiger partial charge on any atom is 0.318 e. The van der Waals surface area contributed by atoms with Crippen LogP contribution in [0.4, 0.5) is 9.18 Å². The number of nitrogens with zero attached hydrogens (tertiary/aromatic N) is 2. The molecule has 1 N–H and O–H groups in total.